The lowest BCUT2D eigenvalue weighted by molar-refractivity contribution is -0.115. The lowest BCUT2D eigenvalue weighted by Gasteiger charge is -2.24. The van der Waals surface area contributed by atoms with Gasteiger partial charge in [0, 0.05) is 23.9 Å². The Kier molecular flexibility index (Phi) is 5.40. The monoisotopic (exact) mass is 298 g/mol. The van der Waals surface area contributed by atoms with Gasteiger partial charge in [-0.3, -0.25) is 4.79 Å². The smallest absolute Gasteiger partial charge is 0.224 e. The summed E-state index contributed by atoms with van der Waals surface area (Å²) in [5.41, 5.74) is 1.70. The topological polar surface area (TPSA) is 41.1 Å². The van der Waals surface area contributed by atoms with E-state index in [4.69, 9.17) is 11.6 Å². The summed E-state index contributed by atoms with van der Waals surface area (Å²) in [5, 5.41) is 7.03. The van der Waals surface area contributed by atoms with Crippen molar-refractivity contribution in [2.75, 3.05) is 22.1 Å². The van der Waals surface area contributed by atoms with Crippen LogP contribution in [0.1, 0.15) is 26.2 Å². The Morgan fingerprint density at radius 1 is 1.53 bits per heavy atom. The van der Waals surface area contributed by atoms with Gasteiger partial charge in [0.05, 0.1) is 10.7 Å². The van der Waals surface area contributed by atoms with E-state index < -0.39 is 0 Å². The number of nitrogens with one attached hydrogen (secondary N) is 2. The fourth-order valence-corrected chi connectivity index (χ4v) is 3.28. The van der Waals surface area contributed by atoms with Gasteiger partial charge < -0.3 is 10.6 Å². The van der Waals surface area contributed by atoms with Crippen LogP contribution in [0.2, 0.25) is 5.02 Å². The summed E-state index contributed by atoms with van der Waals surface area (Å²) >= 11 is 8.18. The Morgan fingerprint density at radius 3 is 3.05 bits per heavy atom. The molecule has 1 saturated heterocycles. The molecule has 5 heteroatoms. The fourth-order valence-electron chi connectivity index (χ4n) is 2.04. The molecule has 1 atom stereocenters. The summed E-state index contributed by atoms with van der Waals surface area (Å²) in [5.74, 6) is 2.38. The Balaban J connectivity index is 2.05. The molecule has 2 rings (SSSR count). The molecule has 1 fully saturated rings. The number of carbonyl (C=O) groups is 1. The first kappa shape index (κ1) is 14.5. The van der Waals surface area contributed by atoms with Gasteiger partial charge in [0.2, 0.25) is 5.91 Å². The van der Waals surface area contributed by atoms with Crippen LogP contribution in [-0.2, 0) is 4.79 Å². The van der Waals surface area contributed by atoms with Gasteiger partial charge in [0.1, 0.15) is 0 Å². The van der Waals surface area contributed by atoms with Gasteiger partial charge in [0.25, 0.3) is 0 Å². The van der Waals surface area contributed by atoms with E-state index in [-0.39, 0.29) is 5.91 Å². The number of hydrogen-bond acceptors (Lipinski definition) is 3. The lowest BCUT2D eigenvalue weighted by Crippen LogP contribution is -2.25. The Labute approximate surface area is 123 Å². The van der Waals surface area contributed by atoms with Crippen LogP contribution in [0.25, 0.3) is 0 Å². The maximum absolute atomic E-state index is 11.4. The van der Waals surface area contributed by atoms with Crippen LogP contribution >= 0.6 is 23.4 Å². The molecule has 1 aromatic rings. The first-order chi connectivity index (χ1) is 9.19. The highest BCUT2D eigenvalue weighted by molar-refractivity contribution is 7.99. The zero-order valence-corrected chi connectivity index (χ0v) is 12.6. The van der Waals surface area contributed by atoms with Crippen LogP contribution in [0.3, 0.4) is 0 Å². The molecular formula is C14H19ClN2OS. The first-order valence-corrected chi connectivity index (χ1v) is 8.16. The molecule has 3 nitrogen and oxygen atoms in total. The highest BCUT2D eigenvalue weighted by Crippen LogP contribution is 2.28. The predicted octanol–water partition coefficient (Wildman–Crippen LogP) is 4.00. The van der Waals surface area contributed by atoms with Crippen molar-refractivity contribution in [3.8, 4) is 0 Å². The van der Waals surface area contributed by atoms with Gasteiger partial charge in [-0.05, 0) is 36.8 Å². The molecule has 1 heterocycles. The maximum Gasteiger partial charge on any atom is 0.224 e. The number of benzene rings is 1. The molecule has 0 aliphatic carbocycles. The highest BCUT2D eigenvalue weighted by Gasteiger charge is 2.15. The third kappa shape index (κ3) is 4.32. The van der Waals surface area contributed by atoms with Crippen molar-refractivity contribution >= 4 is 40.6 Å². The molecule has 19 heavy (non-hydrogen) atoms. The zero-order valence-electron chi connectivity index (χ0n) is 11.0. The minimum absolute atomic E-state index is 0.0153. The molecule has 0 saturated carbocycles. The molecule has 104 valence electrons. The molecule has 0 spiro atoms. The summed E-state index contributed by atoms with van der Waals surface area (Å²) in [6.07, 6.45) is 2.89. The quantitative estimate of drug-likeness (QED) is 0.883. The second-order valence-corrected chi connectivity index (χ2v) is 6.21. The second-order valence-electron chi connectivity index (χ2n) is 4.65. The van der Waals surface area contributed by atoms with E-state index in [0.717, 1.165) is 17.1 Å². The van der Waals surface area contributed by atoms with Gasteiger partial charge in [-0.15, -0.1) is 0 Å². The lowest BCUT2D eigenvalue weighted by atomic mass is 10.1. The third-order valence-electron chi connectivity index (χ3n) is 3.09. The number of carbonyl (C=O) groups excluding carboxylic acids is 1. The number of halogens is 1. The SMILES string of the molecule is CCC(=O)Nc1ccc(Cl)c(NC2CCCSC2)c1. The summed E-state index contributed by atoms with van der Waals surface area (Å²) < 4.78 is 0. The maximum atomic E-state index is 11.4. The number of hydrogen-bond donors (Lipinski definition) is 2. The normalized spacial score (nSPS) is 18.9. The minimum atomic E-state index is 0.0153. The highest BCUT2D eigenvalue weighted by atomic mass is 35.5. The standard InChI is InChI=1S/C14H19ClN2OS/c1-2-14(18)17-10-5-6-12(15)13(8-10)16-11-4-3-7-19-9-11/h5-6,8,11,16H,2-4,7,9H2,1H3,(H,17,18). The predicted molar refractivity (Wildman–Crippen MR) is 84.3 cm³/mol. The van der Waals surface area contributed by atoms with E-state index in [1.165, 1.54) is 18.6 Å². The van der Waals surface area contributed by atoms with E-state index in [9.17, 15) is 4.79 Å². The average Bonchev–Trinajstić information content (AvgIpc) is 2.43. The van der Waals surface area contributed by atoms with Crippen molar-refractivity contribution in [2.45, 2.75) is 32.2 Å². The van der Waals surface area contributed by atoms with Crippen molar-refractivity contribution in [1.82, 2.24) is 0 Å². The van der Waals surface area contributed by atoms with E-state index >= 15 is 0 Å². The van der Waals surface area contributed by atoms with Crippen molar-refractivity contribution < 1.29 is 4.79 Å². The fraction of sp³-hybridized carbons (Fsp3) is 0.500. The van der Waals surface area contributed by atoms with Crippen LogP contribution in [-0.4, -0.2) is 23.5 Å². The molecule has 0 aromatic heterocycles. The largest absolute Gasteiger partial charge is 0.380 e. The molecule has 1 amide bonds. The van der Waals surface area contributed by atoms with Gasteiger partial charge in [0.15, 0.2) is 0 Å². The molecular weight excluding hydrogens is 280 g/mol. The van der Waals surface area contributed by atoms with Crippen molar-refractivity contribution in [1.29, 1.82) is 0 Å². The Hall–Kier alpha value is -0.870. The minimum Gasteiger partial charge on any atom is -0.380 e. The van der Waals surface area contributed by atoms with Crippen molar-refractivity contribution in [2.24, 2.45) is 0 Å². The summed E-state index contributed by atoms with van der Waals surface area (Å²) in [7, 11) is 0. The number of thioether (sulfide) groups is 1. The van der Waals surface area contributed by atoms with Crippen LogP contribution in [0.4, 0.5) is 11.4 Å². The second kappa shape index (κ2) is 7.06. The number of rotatable bonds is 4. The summed E-state index contributed by atoms with van der Waals surface area (Å²) in [4.78, 5) is 11.4. The van der Waals surface area contributed by atoms with E-state index in [0.29, 0.717) is 17.5 Å². The van der Waals surface area contributed by atoms with Crippen LogP contribution in [0.15, 0.2) is 18.2 Å². The van der Waals surface area contributed by atoms with Crippen LogP contribution in [0.5, 0.6) is 0 Å². The van der Waals surface area contributed by atoms with Crippen molar-refractivity contribution in [3.05, 3.63) is 23.2 Å². The molecule has 0 bridgehead atoms. The molecule has 2 N–H and O–H groups in total. The van der Waals surface area contributed by atoms with Crippen molar-refractivity contribution in [3.63, 3.8) is 0 Å². The summed E-state index contributed by atoms with van der Waals surface area (Å²) in [6.45, 7) is 1.84. The molecule has 1 aliphatic heterocycles. The number of amides is 1. The number of anilines is 2. The van der Waals surface area contributed by atoms with Crippen LogP contribution < -0.4 is 10.6 Å². The molecule has 1 unspecified atom stereocenters. The van der Waals surface area contributed by atoms with Gasteiger partial charge in [-0.2, -0.15) is 11.8 Å². The van der Waals surface area contributed by atoms with E-state index in [2.05, 4.69) is 10.6 Å². The average molecular weight is 299 g/mol. The molecule has 1 aliphatic rings. The molecule has 0 radical (unpaired) electrons. The van der Waals surface area contributed by atoms with Gasteiger partial charge >= 0.3 is 0 Å². The van der Waals surface area contributed by atoms with Gasteiger partial charge in [-0.1, -0.05) is 18.5 Å². The Bertz CT molecular complexity index is 447. The molecule has 1 aromatic carbocycles. The third-order valence-corrected chi connectivity index (χ3v) is 4.64. The summed E-state index contributed by atoms with van der Waals surface area (Å²) in [6, 6.07) is 6.03. The van der Waals surface area contributed by atoms with E-state index in [1.54, 1.807) is 0 Å². The van der Waals surface area contributed by atoms with Crippen LogP contribution in [0, 0.1) is 0 Å². The Morgan fingerprint density at radius 2 is 2.37 bits per heavy atom. The van der Waals surface area contributed by atoms with Gasteiger partial charge in [-0.25, -0.2) is 0 Å². The first-order valence-electron chi connectivity index (χ1n) is 6.62. The van der Waals surface area contributed by atoms with E-state index in [1.807, 2.05) is 36.9 Å². The zero-order chi connectivity index (χ0) is 13.7.